The minimum atomic E-state index is 0. The van der Waals surface area contributed by atoms with E-state index in [1.54, 1.807) is 7.11 Å². The van der Waals surface area contributed by atoms with Crippen LogP contribution in [0.2, 0.25) is 0 Å². The third-order valence-electron chi connectivity index (χ3n) is 5.56. The first-order valence-corrected chi connectivity index (χ1v) is 10.6. The Kier molecular flexibility index (Phi) is 10.3. The van der Waals surface area contributed by atoms with Gasteiger partial charge in [0.15, 0.2) is 5.96 Å². The number of benzene rings is 1. The lowest BCUT2D eigenvalue weighted by Crippen LogP contribution is -2.46. The monoisotopic (exact) mass is 538 g/mol. The van der Waals surface area contributed by atoms with Gasteiger partial charge < -0.3 is 24.8 Å². The minimum Gasteiger partial charge on any atom is -0.497 e. The number of guanidine groups is 1. The van der Waals surface area contributed by atoms with E-state index in [1.807, 2.05) is 32.4 Å². The van der Waals surface area contributed by atoms with Gasteiger partial charge in [-0.1, -0.05) is 19.1 Å². The van der Waals surface area contributed by atoms with Gasteiger partial charge in [-0.15, -0.1) is 24.0 Å². The average molecular weight is 538 g/mol. The van der Waals surface area contributed by atoms with Crippen molar-refractivity contribution < 1.29 is 4.74 Å². The van der Waals surface area contributed by atoms with Gasteiger partial charge in [0, 0.05) is 59.6 Å². The number of rotatable bonds is 7. The second-order valence-electron chi connectivity index (χ2n) is 7.55. The van der Waals surface area contributed by atoms with E-state index in [9.17, 15) is 0 Å². The molecule has 0 unspecified atom stereocenters. The summed E-state index contributed by atoms with van der Waals surface area (Å²) in [5, 5.41) is 3.47. The molecule has 7 nitrogen and oxygen atoms in total. The molecule has 1 aromatic heterocycles. The summed E-state index contributed by atoms with van der Waals surface area (Å²) in [5.74, 6) is 2.79. The summed E-state index contributed by atoms with van der Waals surface area (Å²) in [6, 6.07) is 12.4. The standard InChI is InChI=1S/C23H34N6O.HI/c1-5-28-12-14-29(15-13-28)22-16-20(10-11-25-22)17-26-23(24-2)27(3)18-19-6-8-21(30-4)9-7-19;/h6-11,16H,5,12-15,17-18H2,1-4H3,(H,24,26);1H. The summed E-state index contributed by atoms with van der Waals surface area (Å²) in [7, 11) is 5.55. The fourth-order valence-corrected chi connectivity index (χ4v) is 3.68. The molecule has 2 heterocycles. The second kappa shape index (κ2) is 12.7. The number of ether oxygens (including phenoxy) is 1. The normalized spacial score (nSPS) is 14.7. The van der Waals surface area contributed by atoms with Crippen molar-refractivity contribution in [1.29, 1.82) is 0 Å². The Bertz CT molecular complexity index is 821. The summed E-state index contributed by atoms with van der Waals surface area (Å²) in [6.07, 6.45) is 1.91. The SMILES string of the molecule is CCN1CCN(c2cc(CNC(=NC)N(C)Cc3ccc(OC)cc3)ccn2)CC1.I. The van der Waals surface area contributed by atoms with Gasteiger partial charge in [0.25, 0.3) is 0 Å². The lowest BCUT2D eigenvalue weighted by molar-refractivity contribution is 0.270. The predicted octanol–water partition coefficient (Wildman–Crippen LogP) is 3.06. The Balaban J connectivity index is 0.00000341. The molecule has 170 valence electrons. The van der Waals surface area contributed by atoms with E-state index >= 15 is 0 Å². The van der Waals surface area contributed by atoms with Crippen LogP contribution in [-0.2, 0) is 13.1 Å². The van der Waals surface area contributed by atoms with Crippen LogP contribution in [-0.4, -0.2) is 74.7 Å². The summed E-state index contributed by atoms with van der Waals surface area (Å²) >= 11 is 0. The van der Waals surface area contributed by atoms with Crippen LogP contribution in [0.5, 0.6) is 5.75 Å². The lowest BCUT2D eigenvalue weighted by atomic mass is 10.2. The van der Waals surface area contributed by atoms with Crippen molar-refractivity contribution in [2.75, 3.05) is 58.8 Å². The average Bonchev–Trinajstić information content (AvgIpc) is 2.80. The number of piperazine rings is 1. The molecule has 2 aromatic rings. The van der Waals surface area contributed by atoms with E-state index < -0.39 is 0 Å². The van der Waals surface area contributed by atoms with Gasteiger partial charge in [-0.3, -0.25) is 4.99 Å². The number of methoxy groups -OCH3 is 1. The molecule has 0 atom stereocenters. The summed E-state index contributed by atoms with van der Waals surface area (Å²) in [5.41, 5.74) is 2.41. The second-order valence-corrected chi connectivity index (χ2v) is 7.55. The van der Waals surface area contributed by atoms with Gasteiger partial charge in [0.1, 0.15) is 11.6 Å². The summed E-state index contributed by atoms with van der Waals surface area (Å²) in [4.78, 5) is 16.0. The zero-order valence-electron chi connectivity index (χ0n) is 19.0. The molecular formula is C23H35IN6O. The fraction of sp³-hybridized carbons (Fsp3) is 0.478. The highest BCUT2D eigenvalue weighted by atomic mass is 127. The maximum absolute atomic E-state index is 5.23. The number of anilines is 1. The Labute approximate surface area is 203 Å². The van der Waals surface area contributed by atoms with Crippen molar-refractivity contribution >= 4 is 35.8 Å². The van der Waals surface area contributed by atoms with E-state index in [2.05, 4.69) is 61.2 Å². The van der Waals surface area contributed by atoms with Crippen molar-refractivity contribution in [2.45, 2.75) is 20.0 Å². The predicted molar refractivity (Wildman–Crippen MR) is 139 cm³/mol. The van der Waals surface area contributed by atoms with E-state index in [0.717, 1.165) is 56.8 Å². The molecule has 3 rings (SSSR count). The zero-order chi connectivity index (χ0) is 21.3. The van der Waals surface area contributed by atoms with Crippen LogP contribution >= 0.6 is 24.0 Å². The smallest absolute Gasteiger partial charge is 0.193 e. The number of hydrogen-bond acceptors (Lipinski definition) is 5. The molecule has 1 fully saturated rings. The zero-order valence-corrected chi connectivity index (χ0v) is 21.4. The third-order valence-corrected chi connectivity index (χ3v) is 5.56. The topological polar surface area (TPSA) is 56.2 Å². The molecule has 0 bridgehead atoms. The molecule has 1 aliphatic heterocycles. The molecule has 0 aliphatic carbocycles. The molecular weight excluding hydrogens is 503 g/mol. The first-order chi connectivity index (χ1) is 14.6. The van der Waals surface area contributed by atoms with Crippen LogP contribution in [0.25, 0.3) is 0 Å². The molecule has 0 saturated carbocycles. The lowest BCUT2D eigenvalue weighted by Gasteiger charge is -2.34. The maximum Gasteiger partial charge on any atom is 0.193 e. The van der Waals surface area contributed by atoms with Gasteiger partial charge >= 0.3 is 0 Å². The molecule has 8 heteroatoms. The Hall–Kier alpha value is -2.07. The first-order valence-electron chi connectivity index (χ1n) is 10.6. The van der Waals surface area contributed by atoms with Gasteiger partial charge in [-0.2, -0.15) is 0 Å². The number of halogens is 1. The van der Waals surface area contributed by atoms with Crippen LogP contribution in [0.1, 0.15) is 18.1 Å². The molecule has 0 radical (unpaired) electrons. The quantitative estimate of drug-likeness (QED) is 0.333. The number of pyridine rings is 1. The van der Waals surface area contributed by atoms with Crippen molar-refractivity contribution in [3.8, 4) is 5.75 Å². The van der Waals surface area contributed by atoms with Gasteiger partial charge in [-0.05, 0) is 41.9 Å². The molecule has 0 amide bonds. The van der Waals surface area contributed by atoms with E-state index in [-0.39, 0.29) is 24.0 Å². The number of aromatic nitrogens is 1. The van der Waals surface area contributed by atoms with Crippen LogP contribution in [0.15, 0.2) is 47.6 Å². The summed E-state index contributed by atoms with van der Waals surface area (Å²) < 4.78 is 5.23. The highest BCUT2D eigenvalue weighted by Crippen LogP contribution is 2.16. The first kappa shape index (κ1) is 25.2. The molecule has 31 heavy (non-hydrogen) atoms. The summed E-state index contributed by atoms with van der Waals surface area (Å²) in [6.45, 7) is 9.09. The van der Waals surface area contributed by atoms with Gasteiger partial charge in [0.2, 0.25) is 0 Å². The van der Waals surface area contributed by atoms with Crippen LogP contribution in [0.4, 0.5) is 5.82 Å². The molecule has 1 aromatic carbocycles. The van der Waals surface area contributed by atoms with Gasteiger partial charge in [-0.25, -0.2) is 4.98 Å². The Morgan fingerprint density at radius 2 is 1.84 bits per heavy atom. The van der Waals surface area contributed by atoms with Crippen molar-refractivity contribution in [2.24, 2.45) is 4.99 Å². The van der Waals surface area contributed by atoms with Crippen molar-refractivity contribution in [1.82, 2.24) is 20.1 Å². The van der Waals surface area contributed by atoms with Crippen molar-refractivity contribution in [3.63, 3.8) is 0 Å². The van der Waals surface area contributed by atoms with Crippen LogP contribution < -0.4 is 15.0 Å². The maximum atomic E-state index is 5.23. The van der Waals surface area contributed by atoms with Gasteiger partial charge in [0.05, 0.1) is 7.11 Å². The van der Waals surface area contributed by atoms with E-state index in [4.69, 9.17) is 4.74 Å². The third kappa shape index (κ3) is 7.24. The van der Waals surface area contributed by atoms with E-state index in [0.29, 0.717) is 6.54 Å². The highest BCUT2D eigenvalue weighted by molar-refractivity contribution is 14.0. The number of likely N-dealkylation sites (N-methyl/N-ethyl adjacent to an activating group) is 1. The molecule has 1 saturated heterocycles. The number of aliphatic imine (C=N–C) groups is 1. The molecule has 0 spiro atoms. The largest absolute Gasteiger partial charge is 0.497 e. The Morgan fingerprint density at radius 3 is 2.45 bits per heavy atom. The molecule has 1 aliphatic rings. The minimum absolute atomic E-state index is 0. The van der Waals surface area contributed by atoms with Crippen LogP contribution in [0, 0.1) is 0 Å². The van der Waals surface area contributed by atoms with Crippen LogP contribution in [0.3, 0.4) is 0 Å². The van der Waals surface area contributed by atoms with Crippen molar-refractivity contribution in [3.05, 3.63) is 53.7 Å². The number of nitrogens with zero attached hydrogens (tertiary/aromatic N) is 5. The molecule has 1 N–H and O–H groups in total. The highest BCUT2D eigenvalue weighted by Gasteiger charge is 2.17. The fourth-order valence-electron chi connectivity index (χ4n) is 3.68. The number of hydrogen-bond donors (Lipinski definition) is 1. The number of nitrogens with one attached hydrogen (secondary N) is 1. The van der Waals surface area contributed by atoms with E-state index in [1.165, 1.54) is 11.1 Å². The Morgan fingerprint density at radius 1 is 1.13 bits per heavy atom.